The molecule has 3 aromatic rings. The van der Waals surface area contributed by atoms with Crippen LogP contribution in [0.1, 0.15) is 28.9 Å². The van der Waals surface area contributed by atoms with Gasteiger partial charge in [-0.25, -0.2) is 0 Å². The summed E-state index contributed by atoms with van der Waals surface area (Å²) in [5, 5.41) is 5.71. The molecular formula is C25H26ClN3O2. The van der Waals surface area contributed by atoms with Gasteiger partial charge in [-0.15, -0.1) is 0 Å². The predicted octanol–water partition coefficient (Wildman–Crippen LogP) is 4.13. The van der Waals surface area contributed by atoms with Crippen molar-refractivity contribution >= 4 is 34.2 Å². The van der Waals surface area contributed by atoms with E-state index in [9.17, 15) is 9.59 Å². The lowest BCUT2D eigenvalue weighted by molar-refractivity contribution is -0.123. The number of hydrogen-bond donors (Lipinski definition) is 1. The third-order valence-corrected chi connectivity index (χ3v) is 6.14. The standard InChI is InChI=1S/C25H26ClN3O2/c1-18(20-9-4-5-12-23(20)26)27-24(30)17-28-13-15-29(16-14-28)25(31)22-11-6-8-19-7-2-3-10-21(19)22/h2-12,18H,13-17H2,1H3,(H,27,30). The van der Waals surface area contributed by atoms with Gasteiger partial charge in [0.25, 0.3) is 5.91 Å². The first-order valence-corrected chi connectivity index (χ1v) is 10.9. The molecule has 0 aromatic heterocycles. The minimum Gasteiger partial charge on any atom is -0.348 e. The van der Waals surface area contributed by atoms with Crippen molar-refractivity contribution in [2.45, 2.75) is 13.0 Å². The molecule has 3 aromatic carbocycles. The molecule has 1 unspecified atom stereocenters. The van der Waals surface area contributed by atoms with Gasteiger partial charge in [-0.1, -0.05) is 66.2 Å². The number of piperazine rings is 1. The fourth-order valence-corrected chi connectivity index (χ4v) is 4.38. The molecule has 1 saturated heterocycles. The van der Waals surface area contributed by atoms with E-state index in [0.717, 1.165) is 21.9 Å². The molecule has 1 heterocycles. The van der Waals surface area contributed by atoms with Gasteiger partial charge < -0.3 is 10.2 Å². The van der Waals surface area contributed by atoms with Crippen LogP contribution in [0.4, 0.5) is 0 Å². The summed E-state index contributed by atoms with van der Waals surface area (Å²) in [7, 11) is 0. The van der Waals surface area contributed by atoms with Crippen molar-refractivity contribution < 1.29 is 9.59 Å². The lowest BCUT2D eigenvalue weighted by atomic mass is 10.0. The Hall–Kier alpha value is -2.89. The van der Waals surface area contributed by atoms with Crippen molar-refractivity contribution in [3.8, 4) is 0 Å². The molecule has 1 aliphatic heterocycles. The third-order valence-electron chi connectivity index (χ3n) is 5.80. The van der Waals surface area contributed by atoms with Crippen LogP contribution in [0.3, 0.4) is 0 Å². The van der Waals surface area contributed by atoms with E-state index in [-0.39, 0.29) is 17.9 Å². The zero-order valence-electron chi connectivity index (χ0n) is 17.6. The molecule has 160 valence electrons. The first-order valence-electron chi connectivity index (χ1n) is 10.6. The van der Waals surface area contributed by atoms with Gasteiger partial charge in [0.2, 0.25) is 5.91 Å². The minimum atomic E-state index is -0.157. The molecule has 0 spiro atoms. The van der Waals surface area contributed by atoms with E-state index in [1.54, 1.807) is 0 Å². The highest BCUT2D eigenvalue weighted by Crippen LogP contribution is 2.22. The topological polar surface area (TPSA) is 52.7 Å². The summed E-state index contributed by atoms with van der Waals surface area (Å²) < 4.78 is 0. The Morgan fingerprint density at radius 3 is 2.39 bits per heavy atom. The minimum absolute atomic E-state index is 0.0405. The van der Waals surface area contributed by atoms with Gasteiger partial charge in [-0.05, 0) is 35.4 Å². The van der Waals surface area contributed by atoms with E-state index in [1.165, 1.54) is 0 Å². The molecule has 2 amide bonds. The quantitative estimate of drug-likeness (QED) is 0.655. The van der Waals surface area contributed by atoms with Gasteiger partial charge in [0.1, 0.15) is 0 Å². The summed E-state index contributed by atoms with van der Waals surface area (Å²) in [6.45, 7) is 4.80. The molecule has 0 aliphatic carbocycles. The second-order valence-corrected chi connectivity index (χ2v) is 8.31. The summed E-state index contributed by atoms with van der Waals surface area (Å²) in [5.74, 6) is 0.00879. The molecule has 1 fully saturated rings. The average Bonchev–Trinajstić information content (AvgIpc) is 2.79. The third kappa shape index (κ3) is 4.89. The van der Waals surface area contributed by atoms with E-state index >= 15 is 0 Å². The number of nitrogens with zero attached hydrogens (tertiary/aromatic N) is 2. The van der Waals surface area contributed by atoms with E-state index in [0.29, 0.717) is 37.7 Å². The average molecular weight is 436 g/mol. The van der Waals surface area contributed by atoms with Crippen molar-refractivity contribution in [3.05, 3.63) is 82.9 Å². The molecule has 1 N–H and O–H groups in total. The Labute approximate surface area is 187 Å². The molecule has 6 heteroatoms. The highest BCUT2D eigenvalue weighted by atomic mass is 35.5. The number of benzene rings is 3. The van der Waals surface area contributed by atoms with Crippen molar-refractivity contribution in [2.24, 2.45) is 0 Å². The van der Waals surface area contributed by atoms with Crippen molar-refractivity contribution in [1.82, 2.24) is 15.1 Å². The van der Waals surface area contributed by atoms with Crippen LogP contribution in [0.5, 0.6) is 0 Å². The van der Waals surface area contributed by atoms with Crippen LogP contribution in [-0.4, -0.2) is 54.3 Å². The van der Waals surface area contributed by atoms with Crippen LogP contribution in [0.2, 0.25) is 5.02 Å². The number of rotatable bonds is 5. The maximum Gasteiger partial charge on any atom is 0.254 e. The number of amides is 2. The van der Waals surface area contributed by atoms with Crippen LogP contribution >= 0.6 is 11.6 Å². The number of nitrogens with one attached hydrogen (secondary N) is 1. The maximum absolute atomic E-state index is 13.1. The molecular weight excluding hydrogens is 410 g/mol. The fraction of sp³-hybridized carbons (Fsp3) is 0.280. The highest BCUT2D eigenvalue weighted by Gasteiger charge is 2.24. The van der Waals surface area contributed by atoms with Crippen LogP contribution < -0.4 is 5.32 Å². The Morgan fingerprint density at radius 2 is 1.61 bits per heavy atom. The van der Waals surface area contributed by atoms with Crippen LogP contribution in [0, 0.1) is 0 Å². The number of halogens is 1. The summed E-state index contributed by atoms with van der Waals surface area (Å²) in [6.07, 6.45) is 0. The summed E-state index contributed by atoms with van der Waals surface area (Å²) in [4.78, 5) is 29.6. The maximum atomic E-state index is 13.1. The van der Waals surface area contributed by atoms with Gasteiger partial charge in [0.15, 0.2) is 0 Å². The lowest BCUT2D eigenvalue weighted by Gasteiger charge is -2.34. The molecule has 0 bridgehead atoms. The number of carbonyl (C=O) groups is 2. The number of hydrogen-bond acceptors (Lipinski definition) is 3. The first-order chi connectivity index (χ1) is 15.0. The normalized spacial score (nSPS) is 15.6. The smallest absolute Gasteiger partial charge is 0.254 e. The zero-order valence-corrected chi connectivity index (χ0v) is 18.3. The summed E-state index contributed by atoms with van der Waals surface area (Å²) in [6, 6.07) is 21.2. The SMILES string of the molecule is CC(NC(=O)CN1CCN(C(=O)c2cccc3ccccc23)CC1)c1ccccc1Cl. The van der Waals surface area contributed by atoms with E-state index in [1.807, 2.05) is 78.6 Å². The van der Waals surface area contributed by atoms with E-state index in [2.05, 4.69) is 10.2 Å². The lowest BCUT2D eigenvalue weighted by Crippen LogP contribution is -2.51. The molecule has 0 radical (unpaired) electrons. The first kappa shape index (κ1) is 21.3. The van der Waals surface area contributed by atoms with Gasteiger partial charge in [-0.2, -0.15) is 0 Å². The fourth-order valence-electron chi connectivity index (χ4n) is 4.09. The number of fused-ring (bicyclic) bond motifs is 1. The second-order valence-electron chi connectivity index (χ2n) is 7.91. The summed E-state index contributed by atoms with van der Waals surface area (Å²) in [5.41, 5.74) is 1.64. The molecule has 0 saturated carbocycles. The van der Waals surface area contributed by atoms with Crippen molar-refractivity contribution in [1.29, 1.82) is 0 Å². The Bertz CT molecular complexity index is 1090. The van der Waals surface area contributed by atoms with Gasteiger partial charge in [0, 0.05) is 36.8 Å². The Kier molecular flexibility index (Phi) is 6.54. The van der Waals surface area contributed by atoms with Gasteiger partial charge in [0.05, 0.1) is 12.6 Å². The molecule has 1 atom stereocenters. The largest absolute Gasteiger partial charge is 0.348 e. The van der Waals surface area contributed by atoms with Gasteiger partial charge >= 0.3 is 0 Å². The van der Waals surface area contributed by atoms with Gasteiger partial charge in [-0.3, -0.25) is 14.5 Å². The number of carbonyl (C=O) groups excluding carboxylic acids is 2. The second kappa shape index (κ2) is 9.50. The molecule has 31 heavy (non-hydrogen) atoms. The van der Waals surface area contributed by atoms with Crippen molar-refractivity contribution in [3.63, 3.8) is 0 Å². The zero-order chi connectivity index (χ0) is 21.8. The van der Waals surface area contributed by atoms with Crippen LogP contribution in [0.15, 0.2) is 66.7 Å². The molecule has 4 rings (SSSR count). The van der Waals surface area contributed by atoms with E-state index in [4.69, 9.17) is 11.6 Å². The molecule has 1 aliphatic rings. The Balaban J connectivity index is 1.32. The van der Waals surface area contributed by atoms with E-state index < -0.39 is 0 Å². The molecule has 5 nitrogen and oxygen atoms in total. The van der Waals surface area contributed by atoms with Crippen molar-refractivity contribution in [2.75, 3.05) is 32.7 Å². The van der Waals surface area contributed by atoms with Crippen LogP contribution in [-0.2, 0) is 4.79 Å². The van der Waals surface area contributed by atoms with Crippen LogP contribution in [0.25, 0.3) is 10.8 Å². The Morgan fingerprint density at radius 1 is 0.935 bits per heavy atom. The summed E-state index contributed by atoms with van der Waals surface area (Å²) >= 11 is 6.23. The predicted molar refractivity (Wildman–Crippen MR) is 124 cm³/mol. The highest BCUT2D eigenvalue weighted by molar-refractivity contribution is 6.31. The monoisotopic (exact) mass is 435 g/mol.